The van der Waals surface area contributed by atoms with Gasteiger partial charge in [0.25, 0.3) is 0 Å². The highest BCUT2D eigenvalue weighted by Gasteiger charge is 2.16. The Balaban J connectivity index is 2.74. The lowest BCUT2D eigenvalue weighted by molar-refractivity contribution is -0.155. The van der Waals surface area contributed by atoms with Gasteiger partial charge in [-0.1, -0.05) is 11.5 Å². The Labute approximate surface area is 95.6 Å². The number of nitrogens with zero attached hydrogens (tertiary/aromatic N) is 1. The van der Waals surface area contributed by atoms with Crippen LogP contribution in [0.15, 0.2) is 23.1 Å². The fourth-order valence-corrected chi connectivity index (χ4v) is 1.17. The van der Waals surface area contributed by atoms with Gasteiger partial charge in [-0.05, 0) is 26.8 Å². The summed E-state index contributed by atoms with van der Waals surface area (Å²) < 4.78 is 6.35. The second-order valence-electron chi connectivity index (χ2n) is 4.51. The Morgan fingerprint density at radius 3 is 2.62 bits per heavy atom. The lowest BCUT2D eigenvalue weighted by Crippen LogP contribution is -2.31. The minimum Gasteiger partial charge on any atom is -0.459 e. The van der Waals surface area contributed by atoms with E-state index in [0.717, 1.165) is 0 Å². The largest absolute Gasteiger partial charge is 0.459 e. The lowest BCUT2D eigenvalue weighted by Gasteiger charge is -2.19. The Morgan fingerprint density at radius 1 is 1.50 bits per heavy atom. The fourth-order valence-electron chi connectivity index (χ4n) is 1.17. The van der Waals surface area contributed by atoms with Crippen molar-refractivity contribution in [2.24, 2.45) is 0 Å². The van der Waals surface area contributed by atoms with Gasteiger partial charge in [0, 0.05) is 6.20 Å². The summed E-state index contributed by atoms with van der Waals surface area (Å²) in [5, 5.41) is 0. The number of carbonyl (C=O) groups excluding carboxylic acids is 1. The van der Waals surface area contributed by atoms with Crippen LogP contribution in [0, 0.1) is 0 Å². The number of esters is 1. The molecule has 1 rings (SSSR count). The molecule has 0 atom stereocenters. The van der Waals surface area contributed by atoms with Crippen molar-refractivity contribution >= 4 is 19.3 Å². The number of rotatable bonds is 2. The average molecular weight is 219 g/mol. The van der Waals surface area contributed by atoms with Crippen molar-refractivity contribution < 1.29 is 9.53 Å². The zero-order chi connectivity index (χ0) is 12.3. The number of hydrogen-bond acceptors (Lipinski definition) is 3. The van der Waals surface area contributed by atoms with Crippen LogP contribution in [-0.4, -0.2) is 24.0 Å². The summed E-state index contributed by atoms with van der Waals surface area (Å²) in [4.78, 5) is 22.9. The maximum absolute atomic E-state index is 11.5. The third kappa shape index (κ3) is 3.92. The normalized spacial score (nSPS) is 11.2. The summed E-state index contributed by atoms with van der Waals surface area (Å²) in [5.41, 5.74) is -0.481. The van der Waals surface area contributed by atoms with Crippen molar-refractivity contribution in [1.29, 1.82) is 0 Å². The fraction of sp³-hybridized carbons (Fsp3) is 0.455. The molecule has 4 nitrogen and oxygen atoms in total. The van der Waals surface area contributed by atoms with Crippen molar-refractivity contribution in [3.8, 4) is 0 Å². The summed E-state index contributed by atoms with van der Waals surface area (Å²) in [7, 11) is 5.43. The number of hydrogen-bond donors (Lipinski definition) is 0. The maximum atomic E-state index is 11.5. The Hall–Kier alpha value is -1.52. The van der Waals surface area contributed by atoms with E-state index in [9.17, 15) is 9.59 Å². The molecule has 1 aromatic rings. The molecule has 0 saturated heterocycles. The molecule has 16 heavy (non-hydrogen) atoms. The Morgan fingerprint density at radius 2 is 2.12 bits per heavy atom. The van der Waals surface area contributed by atoms with Gasteiger partial charge in [-0.3, -0.25) is 9.59 Å². The molecule has 0 unspecified atom stereocenters. The average Bonchev–Trinajstić information content (AvgIpc) is 2.06. The predicted octanol–water partition coefficient (Wildman–Crippen LogP) is -0.0162. The molecule has 0 saturated carbocycles. The first-order valence-corrected chi connectivity index (χ1v) is 4.96. The van der Waals surface area contributed by atoms with Crippen LogP contribution in [0.2, 0.25) is 0 Å². The Kier molecular flexibility index (Phi) is 3.57. The predicted molar refractivity (Wildman–Crippen MR) is 61.9 cm³/mol. The zero-order valence-electron chi connectivity index (χ0n) is 9.69. The standard InChI is InChI=1S/C11H14BNO3/c1-11(2,3)16-10(15)7-13-5-4-8(12)6-9(13)14/h4-6H,7H2,1-3H3. The first-order chi connectivity index (χ1) is 7.28. The summed E-state index contributed by atoms with van der Waals surface area (Å²) in [6, 6.07) is 2.83. The molecule has 0 N–H and O–H groups in total. The number of carbonyl (C=O) groups is 1. The van der Waals surface area contributed by atoms with E-state index in [2.05, 4.69) is 0 Å². The van der Waals surface area contributed by atoms with E-state index in [0.29, 0.717) is 5.46 Å². The van der Waals surface area contributed by atoms with Gasteiger partial charge < -0.3 is 9.30 Å². The van der Waals surface area contributed by atoms with Crippen LogP contribution < -0.4 is 11.0 Å². The molecule has 0 aliphatic heterocycles. The van der Waals surface area contributed by atoms with Gasteiger partial charge in [0.2, 0.25) is 5.56 Å². The van der Waals surface area contributed by atoms with Gasteiger partial charge >= 0.3 is 5.97 Å². The quantitative estimate of drug-likeness (QED) is 0.519. The van der Waals surface area contributed by atoms with Crippen molar-refractivity contribution in [3.63, 3.8) is 0 Å². The van der Waals surface area contributed by atoms with E-state index in [1.54, 1.807) is 26.8 Å². The van der Waals surface area contributed by atoms with Gasteiger partial charge in [-0.2, -0.15) is 0 Å². The maximum Gasteiger partial charge on any atom is 0.326 e. The molecule has 0 bridgehead atoms. The first-order valence-electron chi connectivity index (χ1n) is 4.96. The molecule has 1 heterocycles. The van der Waals surface area contributed by atoms with Gasteiger partial charge in [-0.25, -0.2) is 0 Å². The molecule has 84 valence electrons. The molecule has 2 radical (unpaired) electrons. The van der Waals surface area contributed by atoms with Gasteiger partial charge in [0.1, 0.15) is 20.0 Å². The van der Waals surface area contributed by atoms with E-state index >= 15 is 0 Å². The van der Waals surface area contributed by atoms with Crippen LogP contribution in [0.1, 0.15) is 20.8 Å². The van der Waals surface area contributed by atoms with Crippen molar-refractivity contribution in [2.75, 3.05) is 0 Å². The SMILES string of the molecule is [B]c1ccn(CC(=O)OC(C)(C)C)c(=O)c1. The molecular formula is C11H14BNO3. The van der Waals surface area contributed by atoms with Crippen LogP contribution in [0.25, 0.3) is 0 Å². The van der Waals surface area contributed by atoms with Crippen LogP contribution in [0.5, 0.6) is 0 Å². The topological polar surface area (TPSA) is 48.3 Å². The number of ether oxygens (including phenoxy) is 1. The van der Waals surface area contributed by atoms with Crippen molar-refractivity contribution in [1.82, 2.24) is 4.57 Å². The highest BCUT2D eigenvalue weighted by molar-refractivity contribution is 6.32. The minimum absolute atomic E-state index is 0.101. The molecule has 0 aliphatic rings. The van der Waals surface area contributed by atoms with Crippen LogP contribution >= 0.6 is 0 Å². The molecule has 0 fully saturated rings. The molecule has 5 heteroatoms. The summed E-state index contributed by atoms with van der Waals surface area (Å²) >= 11 is 0. The monoisotopic (exact) mass is 219 g/mol. The Bertz CT molecular complexity index is 445. The van der Waals surface area contributed by atoms with Crippen molar-refractivity contribution in [3.05, 3.63) is 28.7 Å². The molecule has 0 aliphatic carbocycles. The smallest absolute Gasteiger partial charge is 0.326 e. The molecular weight excluding hydrogens is 205 g/mol. The highest BCUT2D eigenvalue weighted by Crippen LogP contribution is 2.07. The third-order valence-electron chi connectivity index (χ3n) is 1.74. The zero-order valence-corrected chi connectivity index (χ0v) is 9.69. The molecule has 0 spiro atoms. The van der Waals surface area contributed by atoms with Gasteiger partial charge in [0.05, 0.1) is 0 Å². The summed E-state index contributed by atoms with van der Waals surface area (Å²) in [6.45, 7) is 5.22. The van der Waals surface area contributed by atoms with E-state index in [-0.39, 0.29) is 12.1 Å². The van der Waals surface area contributed by atoms with Crippen LogP contribution in [-0.2, 0) is 16.1 Å². The second-order valence-corrected chi connectivity index (χ2v) is 4.51. The first kappa shape index (κ1) is 12.6. The van der Waals surface area contributed by atoms with E-state index in [1.165, 1.54) is 16.8 Å². The third-order valence-corrected chi connectivity index (χ3v) is 1.74. The summed E-state index contributed by atoms with van der Waals surface area (Å²) in [6.07, 6.45) is 1.47. The molecule has 0 amide bonds. The van der Waals surface area contributed by atoms with Crippen LogP contribution in [0.3, 0.4) is 0 Å². The number of aromatic nitrogens is 1. The van der Waals surface area contributed by atoms with E-state index in [4.69, 9.17) is 12.6 Å². The van der Waals surface area contributed by atoms with E-state index < -0.39 is 11.6 Å². The van der Waals surface area contributed by atoms with Crippen molar-refractivity contribution in [2.45, 2.75) is 32.9 Å². The van der Waals surface area contributed by atoms with E-state index in [1.807, 2.05) is 0 Å². The van der Waals surface area contributed by atoms with Gasteiger partial charge in [-0.15, -0.1) is 0 Å². The second kappa shape index (κ2) is 4.55. The summed E-state index contributed by atoms with van der Waals surface area (Å²) in [5.74, 6) is -0.445. The highest BCUT2D eigenvalue weighted by atomic mass is 16.6. The molecule has 1 aromatic heterocycles. The van der Waals surface area contributed by atoms with Crippen LogP contribution in [0.4, 0.5) is 0 Å². The molecule has 0 aromatic carbocycles. The van der Waals surface area contributed by atoms with Gasteiger partial charge in [0.15, 0.2) is 0 Å². The minimum atomic E-state index is -0.547. The lowest BCUT2D eigenvalue weighted by atomic mass is 9.98. The number of pyridine rings is 1.